The summed E-state index contributed by atoms with van der Waals surface area (Å²) in [6, 6.07) is 14.9. The smallest absolute Gasteiger partial charge is 0.251 e. The van der Waals surface area contributed by atoms with Crippen LogP contribution >= 0.6 is 0 Å². The second-order valence-electron chi connectivity index (χ2n) is 8.34. The van der Waals surface area contributed by atoms with Gasteiger partial charge in [-0.05, 0) is 54.7 Å². The van der Waals surface area contributed by atoms with E-state index >= 15 is 0 Å². The summed E-state index contributed by atoms with van der Waals surface area (Å²) in [7, 11) is 1.64. The van der Waals surface area contributed by atoms with Gasteiger partial charge in [-0.2, -0.15) is 0 Å². The largest absolute Gasteiger partial charge is 0.494 e. The molecule has 1 aliphatic carbocycles. The molecule has 29 heavy (non-hydrogen) atoms. The van der Waals surface area contributed by atoms with Gasteiger partial charge in [-0.3, -0.25) is 9.69 Å². The van der Waals surface area contributed by atoms with E-state index < -0.39 is 0 Å². The molecule has 1 saturated carbocycles. The number of likely N-dealkylation sites (tertiary alicyclic amines) is 1. The number of hydrogen-bond donors (Lipinski definition) is 2. The molecule has 2 fully saturated rings. The standard InChI is InChI=1S/C24H27N3O2/c1-25-23(28)17-7-5-16(6-8-17)18-9-10-22-19(13-18)14-27(24(22)29)21-11-12-26(15-21)20-3-2-4-20/h5-10,13-14,20-21,29H,2-4,11-12,15H2,1H3,(H,25,28)/t21-/m1/s1. The van der Waals surface area contributed by atoms with Gasteiger partial charge in [0.25, 0.3) is 5.91 Å². The molecule has 2 aromatic carbocycles. The summed E-state index contributed by atoms with van der Waals surface area (Å²) in [5.74, 6) is 0.295. The van der Waals surface area contributed by atoms with E-state index in [2.05, 4.69) is 27.0 Å². The summed E-state index contributed by atoms with van der Waals surface area (Å²) in [5.41, 5.74) is 2.79. The summed E-state index contributed by atoms with van der Waals surface area (Å²) >= 11 is 0. The number of amides is 1. The van der Waals surface area contributed by atoms with E-state index in [4.69, 9.17) is 0 Å². The van der Waals surface area contributed by atoms with E-state index in [1.165, 1.54) is 19.3 Å². The summed E-state index contributed by atoms with van der Waals surface area (Å²) in [5, 5.41) is 15.4. The maximum Gasteiger partial charge on any atom is 0.251 e. The van der Waals surface area contributed by atoms with Gasteiger partial charge in [-0.1, -0.05) is 24.6 Å². The van der Waals surface area contributed by atoms with Crippen molar-refractivity contribution in [3.63, 3.8) is 0 Å². The van der Waals surface area contributed by atoms with Crippen LogP contribution in [-0.4, -0.2) is 46.7 Å². The van der Waals surface area contributed by atoms with Crippen LogP contribution in [0.5, 0.6) is 5.88 Å². The molecule has 1 atom stereocenters. The van der Waals surface area contributed by atoms with Gasteiger partial charge in [0.1, 0.15) is 0 Å². The Balaban J connectivity index is 1.41. The summed E-state index contributed by atoms with van der Waals surface area (Å²) < 4.78 is 2.07. The molecule has 5 rings (SSSR count). The lowest BCUT2D eigenvalue weighted by Crippen LogP contribution is -2.38. The Bertz CT molecular complexity index is 1050. The van der Waals surface area contributed by atoms with Crippen LogP contribution < -0.4 is 5.32 Å². The number of benzene rings is 2. The summed E-state index contributed by atoms with van der Waals surface area (Å²) in [4.78, 5) is 14.3. The highest BCUT2D eigenvalue weighted by Gasteiger charge is 2.33. The van der Waals surface area contributed by atoms with Crippen molar-refractivity contribution >= 4 is 16.7 Å². The summed E-state index contributed by atoms with van der Waals surface area (Å²) in [6.07, 6.45) is 7.21. The lowest BCUT2D eigenvalue weighted by Gasteiger charge is -2.34. The average molecular weight is 389 g/mol. The Kier molecular flexibility index (Phi) is 4.55. The number of fused-ring (bicyclic) bond motifs is 1. The third-order valence-corrected chi connectivity index (χ3v) is 6.70. The third-order valence-electron chi connectivity index (χ3n) is 6.70. The quantitative estimate of drug-likeness (QED) is 0.704. The minimum atomic E-state index is -0.0819. The molecular weight excluding hydrogens is 362 g/mol. The van der Waals surface area contributed by atoms with Crippen molar-refractivity contribution in [3.8, 4) is 17.0 Å². The molecule has 0 bridgehead atoms. The molecule has 0 radical (unpaired) electrons. The minimum Gasteiger partial charge on any atom is -0.494 e. The zero-order valence-corrected chi connectivity index (χ0v) is 16.8. The number of nitrogens with one attached hydrogen (secondary N) is 1. The van der Waals surface area contributed by atoms with E-state index in [1.807, 2.05) is 36.4 Å². The second-order valence-corrected chi connectivity index (χ2v) is 8.34. The van der Waals surface area contributed by atoms with E-state index in [0.29, 0.717) is 17.5 Å². The van der Waals surface area contributed by atoms with Gasteiger partial charge in [0.15, 0.2) is 5.88 Å². The summed E-state index contributed by atoms with van der Waals surface area (Å²) in [6.45, 7) is 2.17. The Hall–Kier alpha value is -2.79. The van der Waals surface area contributed by atoms with Crippen LogP contribution in [0.15, 0.2) is 48.7 Å². The van der Waals surface area contributed by atoms with Gasteiger partial charge in [-0.25, -0.2) is 0 Å². The molecule has 150 valence electrons. The van der Waals surface area contributed by atoms with Gasteiger partial charge >= 0.3 is 0 Å². The van der Waals surface area contributed by atoms with Gasteiger partial charge in [0.05, 0.1) is 6.04 Å². The van der Waals surface area contributed by atoms with Crippen LogP contribution in [0.4, 0.5) is 0 Å². The molecular formula is C24H27N3O2. The average Bonchev–Trinajstić information content (AvgIpc) is 3.31. The molecule has 1 aliphatic heterocycles. The molecule has 0 unspecified atom stereocenters. The van der Waals surface area contributed by atoms with Gasteiger partial charge < -0.3 is 15.0 Å². The Morgan fingerprint density at radius 3 is 2.48 bits per heavy atom. The first-order valence-electron chi connectivity index (χ1n) is 10.5. The minimum absolute atomic E-state index is 0.0819. The number of aromatic hydroxyl groups is 1. The Morgan fingerprint density at radius 1 is 1.03 bits per heavy atom. The number of carbonyl (C=O) groups is 1. The van der Waals surface area contributed by atoms with E-state index in [1.54, 1.807) is 7.05 Å². The number of nitrogens with zero attached hydrogens (tertiary/aromatic N) is 2. The van der Waals surface area contributed by atoms with Gasteiger partial charge in [-0.15, -0.1) is 0 Å². The van der Waals surface area contributed by atoms with E-state index in [0.717, 1.165) is 47.5 Å². The van der Waals surface area contributed by atoms with Crippen molar-refractivity contribution < 1.29 is 9.90 Å². The first-order chi connectivity index (χ1) is 14.1. The normalized spacial score (nSPS) is 20.1. The molecule has 2 heterocycles. The van der Waals surface area contributed by atoms with Crippen molar-refractivity contribution in [2.24, 2.45) is 0 Å². The first-order valence-corrected chi connectivity index (χ1v) is 10.5. The fourth-order valence-electron chi connectivity index (χ4n) is 4.72. The molecule has 3 aromatic rings. The fourth-order valence-corrected chi connectivity index (χ4v) is 4.72. The molecule has 5 nitrogen and oxygen atoms in total. The van der Waals surface area contributed by atoms with Crippen molar-refractivity contribution in [2.75, 3.05) is 20.1 Å². The van der Waals surface area contributed by atoms with E-state index in [9.17, 15) is 9.90 Å². The van der Waals surface area contributed by atoms with Crippen LogP contribution in [-0.2, 0) is 0 Å². The van der Waals surface area contributed by atoms with Crippen LogP contribution in [0.1, 0.15) is 42.1 Å². The molecule has 2 aliphatic rings. The van der Waals surface area contributed by atoms with E-state index in [-0.39, 0.29) is 5.91 Å². The number of aromatic nitrogens is 1. The highest BCUT2D eigenvalue weighted by Crippen LogP contribution is 2.37. The maximum atomic E-state index is 11.7. The van der Waals surface area contributed by atoms with Crippen molar-refractivity contribution in [3.05, 3.63) is 54.2 Å². The molecule has 0 spiro atoms. The molecule has 1 aromatic heterocycles. The lowest BCUT2D eigenvalue weighted by molar-refractivity contribution is 0.0963. The lowest BCUT2D eigenvalue weighted by atomic mass is 9.92. The Morgan fingerprint density at radius 2 is 1.79 bits per heavy atom. The number of carbonyl (C=O) groups excluding carboxylic acids is 1. The number of hydrogen-bond acceptors (Lipinski definition) is 3. The first kappa shape index (κ1) is 18.3. The SMILES string of the molecule is CNC(=O)c1ccc(-c2ccc3c(O)n([C@@H]4CCN(C5CCC5)C4)cc3c2)cc1. The predicted octanol–water partition coefficient (Wildman–Crippen LogP) is 4.17. The fraction of sp³-hybridized carbons (Fsp3) is 0.375. The van der Waals surface area contributed by atoms with Gasteiger partial charge in [0.2, 0.25) is 0 Å². The van der Waals surface area contributed by atoms with Gasteiger partial charge in [0, 0.05) is 48.7 Å². The second kappa shape index (κ2) is 7.23. The Labute approximate surface area is 170 Å². The molecule has 1 saturated heterocycles. The maximum absolute atomic E-state index is 11.7. The molecule has 5 heteroatoms. The monoisotopic (exact) mass is 389 g/mol. The van der Waals surface area contributed by atoms with Crippen molar-refractivity contribution in [1.29, 1.82) is 0 Å². The highest BCUT2D eigenvalue weighted by atomic mass is 16.3. The third kappa shape index (κ3) is 3.19. The van der Waals surface area contributed by atoms with Crippen LogP contribution in [0, 0.1) is 0 Å². The predicted molar refractivity (Wildman–Crippen MR) is 115 cm³/mol. The molecule has 2 N–H and O–H groups in total. The van der Waals surface area contributed by atoms with Crippen molar-refractivity contribution in [1.82, 2.24) is 14.8 Å². The van der Waals surface area contributed by atoms with Crippen LogP contribution in [0.25, 0.3) is 21.9 Å². The highest BCUT2D eigenvalue weighted by molar-refractivity contribution is 5.95. The molecule has 1 amide bonds. The van der Waals surface area contributed by atoms with Crippen LogP contribution in [0.3, 0.4) is 0 Å². The zero-order chi connectivity index (χ0) is 20.0. The zero-order valence-electron chi connectivity index (χ0n) is 16.8. The van der Waals surface area contributed by atoms with Crippen molar-refractivity contribution in [2.45, 2.75) is 37.8 Å². The van der Waals surface area contributed by atoms with Crippen LogP contribution in [0.2, 0.25) is 0 Å². The topological polar surface area (TPSA) is 57.5 Å². The number of rotatable bonds is 4.